The normalized spacial score (nSPS) is 12.2. The lowest BCUT2D eigenvalue weighted by molar-refractivity contribution is -0.719. The molecule has 0 spiro atoms. The molecule has 32 heavy (non-hydrogen) atoms. The van der Waals surface area contributed by atoms with E-state index in [9.17, 15) is 0 Å². The highest BCUT2D eigenvalue weighted by molar-refractivity contribution is 6.19. The molecule has 7 aromatic rings. The molecule has 0 amide bonds. The van der Waals surface area contributed by atoms with Crippen LogP contribution in [0.4, 0.5) is 0 Å². The van der Waals surface area contributed by atoms with Gasteiger partial charge in [-0.2, -0.15) is 0 Å². The van der Waals surface area contributed by atoms with E-state index < -0.39 is 0 Å². The van der Waals surface area contributed by atoms with E-state index in [2.05, 4.69) is 109 Å². The zero-order valence-corrected chi connectivity index (χ0v) is 18.3. The molecule has 0 aliphatic carbocycles. The Morgan fingerprint density at radius 2 is 1.34 bits per heavy atom. The molecule has 0 aliphatic rings. The smallest absolute Gasteiger partial charge is 0.249 e. The van der Waals surface area contributed by atoms with Crippen molar-refractivity contribution in [2.75, 3.05) is 0 Å². The van der Waals surface area contributed by atoms with Crippen LogP contribution in [0, 0.1) is 13.8 Å². The Hall–Kier alpha value is -3.98. The first kappa shape index (κ1) is 17.7. The third kappa shape index (κ3) is 2.10. The molecule has 0 N–H and O–H groups in total. The molecule has 0 radical (unpaired) electrons. The van der Waals surface area contributed by atoms with Gasteiger partial charge in [0.2, 0.25) is 5.69 Å². The number of aromatic nitrogens is 3. The van der Waals surface area contributed by atoms with Crippen LogP contribution in [0.15, 0.2) is 78.9 Å². The van der Waals surface area contributed by atoms with E-state index >= 15 is 0 Å². The van der Waals surface area contributed by atoms with Crippen molar-refractivity contribution in [3.05, 3.63) is 90.3 Å². The van der Waals surface area contributed by atoms with E-state index in [0.29, 0.717) is 0 Å². The highest BCUT2D eigenvalue weighted by atomic mass is 15.3. The number of para-hydroxylation sites is 2. The molecular formula is C29H22N3+. The zero-order valence-electron chi connectivity index (χ0n) is 18.3. The summed E-state index contributed by atoms with van der Waals surface area (Å²) >= 11 is 0. The molecule has 3 heterocycles. The second-order valence-electron chi connectivity index (χ2n) is 8.82. The van der Waals surface area contributed by atoms with Crippen LogP contribution < -0.4 is 4.68 Å². The van der Waals surface area contributed by atoms with Crippen LogP contribution in [0.25, 0.3) is 60.0 Å². The number of rotatable bonds is 1. The first-order valence-corrected chi connectivity index (χ1v) is 11.1. The number of fused-ring (bicyclic) bond motifs is 5. The van der Waals surface area contributed by atoms with Crippen LogP contribution in [-0.4, -0.2) is 9.50 Å². The molecule has 0 saturated carbocycles. The predicted molar refractivity (Wildman–Crippen MR) is 132 cm³/mol. The van der Waals surface area contributed by atoms with Gasteiger partial charge < -0.3 is 4.40 Å². The lowest BCUT2D eigenvalue weighted by atomic mass is 9.97. The number of nitrogens with zero attached hydrogens (tertiary/aromatic N) is 3. The fourth-order valence-electron chi connectivity index (χ4n) is 5.71. The van der Waals surface area contributed by atoms with E-state index in [1.54, 1.807) is 0 Å². The summed E-state index contributed by atoms with van der Waals surface area (Å²) in [7, 11) is 2.07. The third-order valence-corrected chi connectivity index (χ3v) is 7.05. The van der Waals surface area contributed by atoms with Crippen LogP contribution in [0.5, 0.6) is 0 Å². The number of hydrogen-bond acceptors (Lipinski definition) is 1. The molecule has 0 unspecified atom stereocenters. The topological polar surface area (TPSA) is 21.2 Å². The Morgan fingerprint density at radius 3 is 2.16 bits per heavy atom. The van der Waals surface area contributed by atoms with Gasteiger partial charge in [-0.1, -0.05) is 65.3 Å². The van der Waals surface area contributed by atoms with Crippen molar-refractivity contribution in [3.63, 3.8) is 0 Å². The van der Waals surface area contributed by atoms with Crippen molar-refractivity contribution in [2.45, 2.75) is 13.8 Å². The maximum Gasteiger partial charge on any atom is 0.249 e. The van der Waals surface area contributed by atoms with Crippen LogP contribution in [0.2, 0.25) is 0 Å². The number of benzene rings is 4. The Kier molecular flexibility index (Phi) is 3.34. The molecule has 0 saturated heterocycles. The van der Waals surface area contributed by atoms with Gasteiger partial charge in [0.25, 0.3) is 0 Å². The van der Waals surface area contributed by atoms with Crippen LogP contribution in [0.1, 0.15) is 11.4 Å². The van der Waals surface area contributed by atoms with Gasteiger partial charge >= 0.3 is 0 Å². The largest absolute Gasteiger partial charge is 0.312 e. The van der Waals surface area contributed by atoms with Crippen molar-refractivity contribution in [1.29, 1.82) is 0 Å². The maximum absolute atomic E-state index is 4.93. The summed E-state index contributed by atoms with van der Waals surface area (Å²) < 4.78 is 4.50. The molecule has 3 aromatic heterocycles. The quantitative estimate of drug-likeness (QED) is 0.223. The highest BCUT2D eigenvalue weighted by Gasteiger charge is 2.28. The van der Waals surface area contributed by atoms with Gasteiger partial charge in [0.1, 0.15) is 5.69 Å². The molecule has 7 rings (SSSR count). The molecular weight excluding hydrogens is 390 g/mol. The fourth-order valence-corrected chi connectivity index (χ4v) is 5.71. The number of hydrogen-bond donors (Lipinski definition) is 0. The first-order chi connectivity index (χ1) is 15.6. The minimum atomic E-state index is 1.05. The van der Waals surface area contributed by atoms with Crippen molar-refractivity contribution in [1.82, 2.24) is 9.50 Å². The van der Waals surface area contributed by atoms with Gasteiger partial charge in [-0.15, -0.1) is 0 Å². The summed E-state index contributed by atoms with van der Waals surface area (Å²) in [6, 6.07) is 28.6. The van der Waals surface area contributed by atoms with Gasteiger partial charge in [0.15, 0.2) is 7.05 Å². The van der Waals surface area contributed by atoms with Gasteiger partial charge in [0.05, 0.1) is 22.0 Å². The Morgan fingerprint density at radius 1 is 0.688 bits per heavy atom. The lowest BCUT2D eigenvalue weighted by Gasteiger charge is -2.09. The van der Waals surface area contributed by atoms with Crippen molar-refractivity contribution < 1.29 is 4.68 Å². The Balaban J connectivity index is 1.71. The van der Waals surface area contributed by atoms with Gasteiger partial charge in [-0.25, -0.2) is 0 Å². The SMILES string of the molecule is Cc1n[n+](C)c(-c2c(C)n3c4ccccc4c4cccc2c43)c2cc3ccccc3cc12. The van der Waals surface area contributed by atoms with Crippen LogP contribution in [-0.2, 0) is 7.05 Å². The van der Waals surface area contributed by atoms with Gasteiger partial charge in [0, 0.05) is 27.2 Å². The standard InChI is InChI=1S/C29H22N3/c1-17-24-15-19-9-4-5-10-20(19)16-25(24)29(31(3)30-17)27-18(2)32-26-14-7-6-11-21(26)22-12-8-13-23(27)28(22)32/h4-16H,1-3H3/q+1. The minimum absolute atomic E-state index is 1.05. The van der Waals surface area contributed by atoms with Crippen molar-refractivity contribution in [2.24, 2.45) is 7.05 Å². The minimum Gasteiger partial charge on any atom is -0.312 e. The first-order valence-electron chi connectivity index (χ1n) is 11.1. The zero-order chi connectivity index (χ0) is 21.6. The van der Waals surface area contributed by atoms with E-state index in [-0.39, 0.29) is 0 Å². The predicted octanol–water partition coefficient (Wildman–Crippen LogP) is 6.49. The molecule has 4 aromatic carbocycles. The summed E-state index contributed by atoms with van der Waals surface area (Å²) in [6.07, 6.45) is 0. The molecule has 0 fully saturated rings. The average Bonchev–Trinajstić information content (AvgIpc) is 3.30. The van der Waals surface area contributed by atoms with Crippen molar-refractivity contribution in [3.8, 4) is 11.3 Å². The molecule has 3 nitrogen and oxygen atoms in total. The summed E-state index contributed by atoms with van der Waals surface area (Å²) in [5.41, 5.74) is 7.32. The molecule has 152 valence electrons. The molecule has 3 heteroatoms. The lowest BCUT2D eigenvalue weighted by Crippen LogP contribution is -2.36. The van der Waals surface area contributed by atoms with Gasteiger partial charge in [-0.05, 0) is 47.9 Å². The van der Waals surface area contributed by atoms with E-state index in [1.165, 1.54) is 65.7 Å². The molecule has 0 bridgehead atoms. The highest BCUT2D eigenvalue weighted by Crippen LogP contribution is 2.42. The van der Waals surface area contributed by atoms with Gasteiger partial charge in [-0.3, -0.25) is 0 Å². The number of aryl methyl sites for hydroxylation is 3. The Bertz CT molecular complexity index is 1860. The second-order valence-corrected chi connectivity index (χ2v) is 8.82. The fraction of sp³-hybridized carbons (Fsp3) is 0.103. The molecule has 0 aliphatic heterocycles. The summed E-state index contributed by atoms with van der Waals surface area (Å²) in [6.45, 7) is 4.35. The summed E-state index contributed by atoms with van der Waals surface area (Å²) in [5.74, 6) is 0. The van der Waals surface area contributed by atoms with Crippen molar-refractivity contribution >= 4 is 48.7 Å². The second kappa shape index (κ2) is 6.04. The van der Waals surface area contributed by atoms with Crippen LogP contribution >= 0.6 is 0 Å². The summed E-state index contributed by atoms with van der Waals surface area (Å²) in [4.78, 5) is 0. The maximum atomic E-state index is 4.93. The van der Waals surface area contributed by atoms with E-state index in [1.807, 2.05) is 0 Å². The summed E-state index contributed by atoms with van der Waals surface area (Å²) in [5, 5.41) is 13.8. The monoisotopic (exact) mass is 412 g/mol. The molecule has 0 atom stereocenters. The average molecular weight is 413 g/mol. The van der Waals surface area contributed by atoms with E-state index in [0.717, 1.165) is 5.69 Å². The van der Waals surface area contributed by atoms with Crippen LogP contribution in [0.3, 0.4) is 0 Å². The Labute approximate surface area is 185 Å². The van der Waals surface area contributed by atoms with E-state index in [4.69, 9.17) is 5.10 Å². The third-order valence-electron chi connectivity index (χ3n) is 7.05.